The second-order valence-corrected chi connectivity index (χ2v) is 8.30. The Balaban J connectivity index is 1.81. The highest BCUT2D eigenvalue weighted by Gasteiger charge is 2.28. The lowest BCUT2D eigenvalue weighted by molar-refractivity contribution is -0.145. The summed E-state index contributed by atoms with van der Waals surface area (Å²) in [5, 5.41) is 5.68. The SMILES string of the molecule is COc1ccc(Cn2nc(C)c3c(I)c(C(OC(C)=O)c4ccco4)c(C)nc32)cc1. The molecular formula is C23H22IN3O4. The number of benzene rings is 1. The van der Waals surface area contributed by atoms with Gasteiger partial charge in [0, 0.05) is 21.8 Å². The lowest BCUT2D eigenvalue weighted by Gasteiger charge is -2.19. The van der Waals surface area contributed by atoms with E-state index in [-0.39, 0.29) is 5.97 Å². The minimum Gasteiger partial charge on any atom is -0.497 e. The number of methoxy groups -OCH3 is 1. The van der Waals surface area contributed by atoms with Crippen LogP contribution < -0.4 is 4.74 Å². The van der Waals surface area contributed by atoms with Gasteiger partial charge in [0.05, 0.1) is 31.0 Å². The average Bonchev–Trinajstić information content (AvgIpc) is 3.36. The number of carbonyl (C=O) groups excluding carboxylic acids is 1. The predicted molar refractivity (Wildman–Crippen MR) is 124 cm³/mol. The van der Waals surface area contributed by atoms with Crippen LogP contribution in [0.15, 0.2) is 47.1 Å². The summed E-state index contributed by atoms with van der Waals surface area (Å²) in [6.07, 6.45) is 0.902. The highest BCUT2D eigenvalue weighted by molar-refractivity contribution is 14.1. The van der Waals surface area contributed by atoms with Gasteiger partial charge in [0.15, 0.2) is 11.8 Å². The van der Waals surface area contributed by atoms with Gasteiger partial charge in [0.2, 0.25) is 0 Å². The maximum atomic E-state index is 11.8. The van der Waals surface area contributed by atoms with Crippen molar-refractivity contribution in [1.82, 2.24) is 14.8 Å². The molecule has 3 aromatic heterocycles. The van der Waals surface area contributed by atoms with Crippen molar-refractivity contribution in [3.05, 3.63) is 74.5 Å². The monoisotopic (exact) mass is 531 g/mol. The summed E-state index contributed by atoms with van der Waals surface area (Å²) in [6, 6.07) is 11.5. The molecule has 0 bridgehead atoms. The first kappa shape index (κ1) is 21.4. The predicted octanol–water partition coefficient (Wildman–Crippen LogP) is 4.96. The summed E-state index contributed by atoms with van der Waals surface area (Å²) in [4.78, 5) is 16.7. The van der Waals surface area contributed by atoms with Crippen molar-refractivity contribution in [2.24, 2.45) is 0 Å². The number of hydrogen-bond donors (Lipinski definition) is 0. The fourth-order valence-corrected chi connectivity index (χ4v) is 4.94. The van der Waals surface area contributed by atoms with Gasteiger partial charge in [-0.2, -0.15) is 5.10 Å². The second-order valence-electron chi connectivity index (χ2n) is 7.22. The molecule has 0 spiro atoms. The zero-order valence-corrected chi connectivity index (χ0v) is 19.8. The molecule has 1 unspecified atom stereocenters. The molecule has 0 saturated carbocycles. The Morgan fingerprint density at radius 2 is 1.94 bits per heavy atom. The lowest BCUT2D eigenvalue weighted by Crippen LogP contribution is -2.14. The molecule has 0 fully saturated rings. The van der Waals surface area contributed by atoms with Crippen LogP contribution in [-0.4, -0.2) is 27.8 Å². The third kappa shape index (κ3) is 4.16. The summed E-state index contributed by atoms with van der Waals surface area (Å²) < 4.78 is 19.3. The Morgan fingerprint density at radius 3 is 2.55 bits per heavy atom. The van der Waals surface area contributed by atoms with Crippen LogP contribution in [0.25, 0.3) is 11.0 Å². The molecule has 8 heteroatoms. The maximum Gasteiger partial charge on any atom is 0.303 e. The molecule has 0 aliphatic heterocycles. The molecule has 0 saturated heterocycles. The van der Waals surface area contributed by atoms with Crippen LogP contribution in [0.4, 0.5) is 0 Å². The van der Waals surface area contributed by atoms with Crippen molar-refractivity contribution in [3.8, 4) is 5.75 Å². The third-order valence-electron chi connectivity index (χ3n) is 5.06. The molecular weight excluding hydrogens is 509 g/mol. The Labute approximate surface area is 193 Å². The smallest absolute Gasteiger partial charge is 0.303 e. The first-order valence-electron chi connectivity index (χ1n) is 9.75. The van der Waals surface area contributed by atoms with Crippen LogP contribution in [0.3, 0.4) is 0 Å². The van der Waals surface area contributed by atoms with Gasteiger partial charge in [-0.1, -0.05) is 12.1 Å². The summed E-state index contributed by atoms with van der Waals surface area (Å²) >= 11 is 2.29. The van der Waals surface area contributed by atoms with Crippen LogP contribution in [0.5, 0.6) is 5.75 Å². The van der Waals surface area contributed by atoms with E-state index >= 15 is 0 Å². The summed E-state index contributed by atoms with van der Waals surface area (Å²) in [7, 11) is 1.65. The highest BCUT2D eigenvalue weighted by atomic mass is 127. The molecule has 0 aliphatic rings. The van der Waals surface area contributed by atoms with Gasteiger partial charge in [-0.05, 0) is 66.3 Å². The number of furan rings is 1. The van der Waals surface area contributed by atoms with Crippen LogP contribution in [0, 0.1) is 17.4 Å². The minimum atomic E-state index is -0.666. The van der Waals surface area contributed by atoms with Gasteiger partial charge in [-0.25, -0.2) is 9.67 Å². The van der Waals surface area contributed by atoms with Crippen molar-refractivity contribution in [2.45, 2.75) is 33.4 Å². The number of aryl methyl sites for hydroxylation is 2. The van der Waals surface area contributed by atoms with E-state index in [1.54, 1.807) is 25.5 Å². The fraction of sp³-hybridized carbons (Fsp3) is 0.261. The number of carbonyl (C=O) groups is 1. The molecule has 4 aromatic rings. The van der Waals surface area contributed by atoms with Crippen LogP contribution >= 0.6 is 22.6 Å². The van der Waals surface area contributed by atoms with Crippen LogP contribution in [0.1, 0.15) is 41.3 Å². The molecule has 3 heterocycles. The standard InChI is InChI=1S/C23H22IN3O4/c1-13-19(22(31-15(3)28)18-6-5-11-30-18)21(24)20-14(2)26-27(23(20)25-13)12-16-7-9-17(29-4)10-8-16/h5-11,22H,12H2,1-4H3. The van der Waals surface area contributed by atoms with Crippen LogP contribution in [0.2, 0.25) is 0 Å². The quantitative estimate of drug-likeness (QED) is 0.259. The zero-order chi connectivity index (χ0) is 22.1. The number of aromatic nitrogens is 3. The van der Waals surface area contributed by atoms with Gasteiger partial charge in [0.25, 0.3) is 0 Å². The average molecular weight is 531 g/mol. The van der Waals surface area contributed by atoms with E-state index in [2.05, 4.69) is 22.6 Å². The molecule has 31 heavy (non-hydrogen) atoms. The summed E-state index contributed by atoms with van der Waals surface area (Å²) in [5.74, 6) is 0.983. The molecule has 160 valence electrons. The molecule has 4 rings (SSSR count). The van der Waals surface area contributed by atoms with E-state index in [4.69, 9.17) is 24.0 Å². The maximum absolute atomic E-state index is 11.8. The van der Waals surface area contributed by atoms with Crippen molar-refractivity contribution < 1.29 is 18.7 Å². The first-order valence-corrected chi connectivity index (χ1v) is 10.8. The number of ether oxygens (including phenoxy) is 2. The molecule has 7 nitrogen and oxygen atoms in total. The van der Waals surface area contributed by atoms with Gasteiger partial charge < -0.3 is 13.9 Å². The zero-order valence-electron chi connectivity index (χ0n) is 17.7. The Kier molecular flexibility index (Phi) is 5.99. The van der Waals surface area contributed by atoms with Gasteiger partial charge in [-0.15, -0.1) is 0 Å². The Hall–Kier alpha value is -2.88. The molecule has 1 atom stereocenters. The number of pyridine rings is 1. The molecule has 0 N–H and O–H groups in total. The van der Waals surface area contributed by atoms with Crippen LogP contribution in [-0.2, 0) is 16.1 Å². The largest absolute Gasteiger partial charge is 0.497 e. The van der Waals surface area contributed by atoms with Gasteiger partial charge in [0.1, 0.15) is 11.5 Å². The van der Waals surface area contributed by atoms with Crippen molar-refractivity contribution in [3.63, 3.8) is 0 Å². The molecule has 0 radical (unpaired) electrons. The number of rotatable bonds is 6. The van der Waals surface area contributed by atoms with Crippen molar-refractivity contribution >= 4 is 39.6 Å². The number of nitrogens with zero attached hydrogens (tertiary/aromatic N) is 3. The highest BCUT2D eigenvalue weighted by Crippen LogP contribution is 2.36. The van der Waals surface area contributed by atoms with E-state index in [0.717, 1.165) is 42.9 Å². The van der Waals surface area contributed by atoms with Crippen molar-refractivity contribution in [1.29, 1.82) is 0 Å². The lowest BCUT2D eigenvalue weighted by atomic mass is 10.0. The Morgan fingerprint density at radius 1 is 1.19 bits per heavy atom. The number of fused-ring (bicyclic) bond motifs is 1. The van der Waals surface area contributed by atoms with E-state index in [1.165, 1.54) is 6.92 Å². The van der Waals surface area contributed by atoms with E-state index < -0.39 is 6.10 Å². The van der Waals surface area contributed by atoms with E-state index in [1.807, 2.05) is 42.8 Å². The summed E-state index contributed by atoms with van der Waals surface area (Å²) in [6.45, 7) is 5.85. The third-order valence-corrected chi connectivity index (χ3v) is 6.18. The fourth-order valence-electron chi connectivity index (χ4n) is 3.64. The number of esters is 1. The van der Waals surface area contributed by atoms with Gasteiger partial charge in [-0.3, -0.25) is 4.79 Å². The Bertz CT molecular complexity index is 1230. The summed E-state index contributed by atoms with van der Waals surface area (Å²) in [5.41, 5.74) is 4.32. The molecule has 1 aromatic carbocycles. The number of halogens is 1. The van der Waals surface area contributed by atoms with Crippen molar-refractivity contribution in [2.75, 3.05) is 7.11 Å². The topological polar surface area (TPSA) is 79.4 Å². The molecule has 0 aliphatic carbocycles. The normalized spacial score (nSPS) is 12.2. The number of hydrogen-bond acceptors (Lipinski definition) is 6. The van der Waals surface area contributed by atoms with E-state index in [9.17, 15) is 4.79 Å². The first-order chi connectivity index (χ1) is 14.9. The molecule has 0 amide bonds. The van der Waals surface area contributed by atoms with Gasteiger partial charge >= 0.3 is 5.97 Å². The van der Waals surface area contributed by atoms with E-state index in [0.29, 0.717) is 12.3 Å². The minimum absolute atomic E-state index is 0.386. The second kappa shape index (κ2) is 8.70.